The van der Waals surface area contributed by atoms with Crippen molar-refractivity contribution in [2.75, 3.05) is 5.73 Å². The van der Waals surface area contributed by atoms with Gasteiger partial charge >= 0.3 is 0 Å². The van der Waals surface area contributed by atoms with Crippen molar-refractivity contribution < 1.29 is 0 Å². The molecule has 3 rings (SSSR count). The minimum Gasteiger partial charge on any atom is -0.399 e. The number of para-hydroxylation sites is 2. The summed E-state index contributed by atoms with van der Waals surface area (Å²) in [7, 11) is 0. The van der Waals surface area contributed by atoms with Crippen molar-refractivity contribution in [1.29, 1.82) is 0 Å². The summed E-state index contributed by atoms with van der Waals surface area (Å²) in [4.78, 5) is 4.51. The maximum atomic E-state index is 5.92. The van der Waals surface area contributed by atoms with Crippen LogP contribution in [0.25, 0.3) is 11.0 Å². The lowest BCUT2D eigenvalue weighted by Crippen LogP contribution is -2.02. The van der Waals surface area contributed by atoms with E-state index in [9.17, 15) is 0 Å². The van der Waals surface area contributed by atoms with Crippen molar-refractivity contribution in [3.63, 3.8) is 0 Å². The fourth-order valence-corrected chi connectivity index (χ4v) is 2.03. The van der Waals surface area contributed by atoms with E-state index in [1.807, 2.05) is 48.5 Å². The number of nitrogens with zero attached hydrogens (tertiary/aromatic N) is 3. The SMILES string of the molecule is Nc1ccccc1CCc1nnc2ccccc2n1. The fraction of sp³-hybridized carbons (Fsp3) is 0.133. The van der Waals surface area contributed by atoms with Gasteiger partial charge in [-0.1, -0.05) is 30.3 Å². The van der Waals surface area contributed by atoms with E-state index in [1.54, 1.807) is 0 Å². The Morgan fingerprint density at radius 1 is 0.789 bits per heavy atom. The molecule has 4 nitrogen and oxygen atoms in total. The zero-order valence-corrected chi connectivity index (χ0v) is 10.5. The molecule has 0 saturated heterocycles. The van der Waals surface area contributed by atoms with E-state index < -0.39 is 0 Å². The van der Waals surface area contributed by atoms with Crippen LogP contribution in [0, 0.1) is 0 Å². The van der Waals surface area contributed by atoms with E-state index in [0.717, 1.165) is 41.0 Å². The number of fused-ring (bicyclic) bond motifs is 1. The summed E-state index contributed by atoms with van der Waals surface area (Å²) in [6.07, 6.45) is 1.57. The van der Waals surface area contributed by atoms with Crippen molar-refractivity contribution in [3.8, 4) is 0 Å². The molecule has 0 aliphatic rings. The van der Waals surface area contributed by atoms with E-state index >= 15 is 0 Å². The topological polar surface area (TPSA) is 64.7 Å². The lowest BCUT2D eigenvalue weighted by molar-refractivity contribution is 0.825. The van der Waals surface area contributed by atoms with Gasteiger partial charge in [0, 0.05) is 12.1 Å². The van der Waals surface area contributed by atoms with Gasteiger partial charge in [0.05, 0.1) is 5.52 Å². The number of anilines is 1. The van der Waals surface area contributed by atoms with E-state index in [2.05, 4.69) is 15.2 Å². The van der Waals surface area contributed by atoms with Gasteiger partial charge in [0.15, 0.2) is 5.82 Å². The molecular formula is C15H14N4. The third kappa shape index (κ3) is 2.52. The second-order valence-electron chi connectivity index (χ2n) is 4.42. The molecule has 0 amide bonds. The molecule has 0 aliphatic carbocycles. The zero-order chi connectivity index (χ0) is 13.1. The normalized spacial score (nSPS) is 10.7. The molecule has 4 heteroatoms. The smallest absolute Gasteiger partial charge is 0.151 e. The van der Waals surface area contributed by atoms with Gasteiger partial charge in [0.2, 0.25) is 0 Å². The first-order valence-corrected chi connectivity index (χ1v) is 6.24. The summed E-state index contributed by atoms with van der Waals surface area (Å²) >= 11 is 0. The van der Waals surface area contributed by atoms with Crippen molar-refractivity contribution >= 4 is 16.7 Å². The molecule has 0 aliphatic heterocycles. The van der Waals surface area contributed by atoms with Crippen LogP contribution in [-0.4, -0.2) is 15.2 Å². The Morgan fingerprint density at radius 2 is 1.53 bits per heavy atom. The van der Waals surface area contributed by atoms with Crippen LogP contribution in [-0.2, 0) is 12.8 Å². The lowest BCUT2D eigenvalue weighted by Gasteiger charge is -2.04. The highest BCUT2D eigenvalue weighted by Gasteiger charge is 2.03. The molecule has 0 bridgehead atoms. The summed E-state index contributed by atoms with van der Waals surface area (Å²) in [6, 6.07) is 15.6. The summed E-state index contributed by atoms with van der Waals surface area (Å²) in [5.74, 6) is 0.752. The number of nitrogens with two attached hydrogens (primary N) is 1. The largest absolute Gasteiger partial charge is 0.399 e. The molecular weight excluding hydrogens is 236 g/mol. The number of hydrogen-bond donors (Lipinski definition) is 1. The van der Waals surface area contributed by atoms with Crippen LogP contribution in [0.2, 0.25) is 0 Å². The Bertz CT molecular complexity index is 709. The maximum Gasteiger partial charge on any atom is 0.151 e. The van der Waals surface area contributed by atoms with Gasteiger partial charge in [-0.3, -0.25) is 0 Å². The highest BCUT2D eigenvalue weighted by atomic mass is 15.1. The van der Waals surface area contributed by atoms with Crippen LogP contribution in [0.3, 0.4) is 0 Å². The average Bonchev–Trinajstić information content (AvgIpc) is 2.46. The quantitative estimate of drug-likeness (QED) is 0.725. The molecule has 0 fully saturated rings. The Labute approximate surface area is 111 Å². The number of hydrogen-bond acceptors (Lipinski definition) is 4. The van der Waals surface area contributed by atoms with Gasteiger partial charge in [-0.2, -0.15) is 0 Å². The first kappa shape index (κ1) is 11.6. The Kier molecular flexibility index (Phi) is 3.06. The molecule has 0 atom stereocenters. The monoisotopic (exact) mass is 250 g/mol. The van der Waals surface area contributed by atoms with Crippen LogP contribution in [0.5, 0.6) is 0 Å². The molecule has 94 valence electrons. The Hall–Kier alpha value is -2.49. The van der Waals surface area contributed by atoms with Crippen LogP contribution in [0.4, 0.5) is 5.69 Å². The number of rotatable bonds is 3. The molecule has 0 unspecified atom stereocenters. The summed E-state index contributed by atoms with van der Waals surface area (Å²) in [5.41, 5.74) is 9.57. The van der Waals surface area contributed by atoms with Gasteiger partial charge in [0.1, 0.15) is 5.52 Å². The number of aryl methyl sites for hydroxylation is 2. The van der Waals surface area contributed by atoms with E-state index in [4.69, 9.17) is 5.73 Å². The number of benzene rings is 2. The highest BCUT2D eigenvalue weighted by Crippen LogP contribution is 2.13. The van der Waals surface area contributed by atoms with Crippen LogP contribution in [0.15, 0.2) is 48.5 Å². The summed E-state index contributed by atoms with van der Waals surface area (Å²) in [6.45, 7) is 0. The molecule has 1 heterocycles. The second-order valence-corrected chi connectivity index (χ2v) is 4.42. The van der Waals surface area contributed by atoms with Crippen LogP contribution in [0.1, 0.15) is 11.4 Å². The molecule has 0 radical (unpaired) electrons. The predicted molar refractivity (Wildman–Crippen MR) is 75.6 cm³/mol. The molecule has 2 N–H and O–H groups in total. The Balaban J connectivity index is 1.80. The molecule has 3 aromatic rings. The van der Waals surface area contributed by atoms with Crippen LogP contribution < -0.4 is 5.73 Å². The van der Waals surface area contributed by atoms with Gasteiger partial charge in [-0.15, -0.1) is 10.2 Å². The van der Waals surface area contributed by atoms with Gasteiger partial charge < -0.3 is 5.73 Å². The van der Waals surface area contributed by atoms with E-state index in [0.29, 0.717) is 0 Å². The van der Waals surface area contributed by atoms with Crippen molar-refractivity contribution in [1.82, 2.24) is 15.2 Å². The zero-order valence-electron chi connectivity index (χ0n) is 10.5. The van der Waals surface area contributed by atoms with Crippen molar-refractivity contribution in [3.05, 3.63) is 59.9 Å². The first-order chi connectivity index (χ1) is 9.33. The number of aromatic nitrogens is 3. The minimum atomic E-state index is 0.742. The highest BCUT2D eigenvalue weighted by molar-refractivity contribution is 5.72. The molecule has 0 saturated carbocycles. The molecule has 19 heavy (non-hydrogen) atoms. The van der Waals surface area contributed by atoms with Crippen molar-refractivity contribution in [2.24, 2.45) is 0 Å². The molecule has 1 aromatic heterocycles. The van der Waals surface area contributed by atoms with Gasteiger partial charge in [0.25, 0.3) is 0 Å². The first-order valence-electron chi connectivity index (χ1n) is 6.24. The van der Waals surface area contributed by atoms with E-state index in [1.165, 1.54) is 0 Å². The third-order valence-electron chi connectivity index (χ3n) is 3.08. The summed E-state index contributed by atoms with van der Waals surface area (Å²) in [5, 5.41) is 8.32. The van der Waals surface area contributed by atoms with Gasteiger partial charge in [-0.25, -0.2) is 4.98 Å². The standard InChI is InChI=1S/C15H14N4/c16-12-6-2-1-5-11(12)9-10-15-17-13-7-3-4-8-14(13)18-19-15/h1-8H,9-10,16H2. The minimum absolute atomic E-state index is 0.742. The molecule has 2 aromatic carbocycles. The second kappa shape index (κ2) is 5.02. The van der Waals surface area contributed by atoms with Crippen LogP contribution >= 0.6 is 0 Å². The molecule has 0 spiro atoms. The maximum absolute atomic E-state index is 5.92. The third-order valence-corrected chi connectivity index (χ3v) is 3.08. The van der Waals surface area contributed by atoms with Crippen molar-refractivity contribution in [2.45, 2.75) is 12.8 Å². The Morgan fingerprint density at radius 3 is 2.37 bits per heavy atom. The number of nitrogen functional groups attached to an aromatic ring is 1. The predicted octanol–water partition coefficient (Wildman–Crippen LogP) is 2.39. The van der Waals surface area contributed by atoms with Gasteiger partial charge in [-0.05, 0) is 30.2 Å². The fourth-order valence-electron chi connectivity index (χ4n) is 2.03. The van der Waals surface area contributed by atoms with E-state index in [-0.39, 0.29) is 0 Å². The summed E-state index contributed by atoms with van der Waals surface area (Å²) < 4.78 is 0. The lowest BCUT2D eigenvalue weighted by atomic mass is 10.1. The average molecular weight is 250 g/mol.